The van der Waals surface area contributed by atoms with E-state index in [1.54, 1.807) is 49.4 Å². The van der Waals surface area contributed by atoms with Gasteiger partial charge in [-0.1, -0.05) is 30.3 Å². The fourth-order valence-corrected chi connectivity index (χ4v) is 4.30. The lowest BCUT2D eigenvalue weighted by atomic mass is 10.1. The first-order valence-electron chi connectivity index (χ1n) is 7.51. The number of nitrogens with zero attached hydrogens (tertiary/aromatic N) is 1. The maximum absolute atomic E-state index is 12.0. The third kappa shape index (κ3) is 3.48. The van der Waals surface area contributed by atoms with Crippen LogP contribution in [0.3, 0.4) is 0 Å². The normalized spacial score (nSPS) is 11.9. The number of phenols is 1. The minimum absolute atomic E-state index is 0.0517. The van der Waals surface area contributed by atoms with Crippen molar-refractivity contribution in [2.45, 2.75) is 6.92 Å². The number of aromatic carboxylic acids is 1. The van der Waals surface area contributed by atoms with Gasteiger partial charge < -0.3 is 10.2 Å². The van der Waals surface area contributed by atoms with E-state index in [-0.39, 0.29) is 16.3 Å². The maximum atomic E-state index is 12.0. The number of benzene rings is 2. The number of carboxylic acid groups (broad SMARTS) is 1. The largest absolute Gasteiger partial charge is 0.508 e. The minimum Gasteiger partial charge on any atom is -0.508 e. The Hall–Kier alpha value is -2.68. The number of hydrogen-bond acceptors (Lipinski definition) is 4. The molecule has 0 aliphatic carbocycles. The van der Waals surface area contributed by atoms with Crippen molar-refractivity contribution in [3.63, 3.8) is 0 Å². The molecule has 0 spiro atoms. The summed E-state index contributed by atoms with van der Waals surface area (Å²) in [4.78, 5) is 12.2. The summed E-state index contributed by atoms with van der Waals surface area (Å²) in [7, 11) is 0. The van der Waals surface area contributed by atoms with Crippen LogP contribution in [0.25, 0.3) is 10.4 Å². The lowest BCUT2D eigenvalue weighted by Crippen LogP contribution is -2.21. The van der Waals surface area contributed by atoms with E-state index in [4.69, 9.17) is 0 Å². The predicted molar refractivity (Wildman–Crippen MR) is 102 cm³/mol. The molecule has 0 aliphatic rings. The van der Waals surface area contributed by atoms with Gasteiger partial charge in [0.1, 0.15) is 10.6 Å². The summed E-state index contributed by atoms with van der Waals surface area (Å²) >= 11 is -1.48. The van der Waals surface area contributed by atoms with Gasteiger partial charge in [-0.3, -0.25) is 4.55 Å². The van der Waals surface area contributed by atoms with E-state index in [0.717, 1.165) is 21.2 Å². The van der Waals surface area contributed by atoms with Crippen LogP contribution < -0.4 is 4.31 Å². The zero-order chi connectivity index (χ0) is 18.8. The fourth-order valence-electron chi connectivity index (χ4n) is 2.58. The van der Waals surface area contributed by atoms with E-state index in [1.807, 2.05) is 0 Å². The van der Waals surface area contributed by atoms with Gasteiger partial charge in [-0.2, -0.15) is 0 Å². The average molecular weight is 389 g/mol. The quantitative estimate of drug-likeness (QED) is 0.562. The minimum atomic E-state index is -2.46. The second-order valence-corrected chi connectivity index (χ2v) is 7.37. The molecule has 1 heterocycles. The van der Waals surface area contributed by atoms with Crippen molar-refractivity contribution in [2.24, 2.45) is 0 Å². The third-order valence-electron chi connectivity index (χ3n) is 3.75. The molecule has 0 saturated heterocycles. The van der Waals surface area contributed by atoms with Gasteiger partial charge >= 0.3 is 5.97 Å². The number of thiophene rings is 1. The molecule has 3 aromatic rings. The maximum Gasteiger partial charge on any atom is 0.348 e. The van der Waals surface area contributed by atoms with Gasteiger partial charge in [-0.15, -0.1) is 11.3 Å². The summed E-state index contributed by atoms with van der Waals surface area (Å²) in [5.74, 6) is -1.14. The molecule has 1 unspecified atom stereocenters. The lowest BCUT2D eigenvalue weighted by molar-refractivity contribution is 0.0703. The molecular weight excluding hydrogens is 374 g/mol. The second-order valence-electron chi connectivity index (χ2n) is 5.49. The van der Waals surface area contributed by atoms with Gasteiger partial charge in [-0.05, 0) is 42.3 Å². The molecule has 0 radical (unpaired) electrons. The SMILES string of the molecule is Cc1ccccc1N(c1cc(-c2cccc(O)c2)sc1C(=O)O)S(=O)O. The summed E-state index contributed by atoms with van der Waals surface area (Å²) in [5.41, 5.74) is 1.92. The number of aryl methyl sites for hydroxylation is 1. The third-order valence-corrected chi connectivity index (χ3v) is 5.61. The number of para-hydroxylation sites is 1. The highest BCUT2D eigenvalue weighted by molar-refractivity contribution is 7.81. The molecule has 2 aromatic carbocycles. The first kappa shape index (κ1) is 18.1. The first-order chi connectivity index (χ1) is 12.4. The molecule has 1 atom stereocenters. The Bertz CT molecular complexity index is 999. The Morgan fingerprint density at radius 3 is 2.42 bits per heavy atom. The number of carboxylic acids is 1. The molecule has 0 fully saturated rings. The fraction of sp³-hybridized carbons (Fsp3) is 0.0556. The molecule has 0 aliphatic heterocycles. The molecule has 6 nitrogen and oxygen atoms in total. The summed E-state index contributed by atoms with van der Waals surface area (Å²) in [6, 6.07) is 14.9. The zero-order valence-corrected chi connectivity index (χ0v) is 15.3. The number of phenolic OH excluding ortho intramolecular Hbond substituents is 1. The average Bonchev–Trinajstić information content (AvgIpc) is 3.02. The molecular formula is C18H15NO5S2. The standard InChI is InChI=1S/C18H15NO5S2/c1-11-5-2-3-8-14(11)19(26(23)24)15-10-16(25-17(15)18(21)22)12-6-4-7-13(20)9-12/h2-10,20H,1H3,(H,21,22)(H,23,24). The van der Waals surface area contributed by atoms with Crippen molar-refractivity contribution in [3.05, 3.63) is 65.0 Å². The summed E-state index contributed by atoms with van der Waals surface area (Å²) < 4.78 is 23.0. The van der Waals surface area contributed by atoms with Gasteiger partial charge in [0.05, 0.1) is 11.4 Å². The van der Waals surface area contributed by atoms with E-state index in [0.29, 0.717) is 16.1 Å². The van der Waals surface area contributed by atoms with Gasteiger partial charge in [0.25, 0.3) is 11.3 Å². The molecule has 1 aromatic heterocycles. The molecule has 3 rings (SSSR count). The zero-order valence-electron chi connectivity index (χ0n) is 13.6. The van der Waals surface area contributed by atoms with Crippen molar-refractivity contribution < 1.29 is 23.8 Å². The topological polar surface area (TPSA) is 98.1 Å². The molecule has 0 saturated carbocycles. The molecule has 26 heavy (non-hydrogen) atoms. The van der Waals surface area contributed by atoms with E-state index in [1.165, 1.54) is 12.1 Å². The Kier molecular flexibility index (Phi) is 5.08. The second kappa shape index (κ2) is 7.28. The molecule has 3 N–H and O–H groups in total. The Balaban J connectivity index is 2.20. The highest BCUT2D eigenvalue weighted by Gasteiger charge is 2.26. The lowest BCUT2D eigenvalue weighted by Gasteiger charge is -2.21. The first-order valence-corrected chi connectivity index (χ1v) is 9.39. The van der Waals surface area contributed by atoms with Crippen molar-refractivity contribution >= 4 is 39.9 Å². The smallest absolute Gasteiger partial charge is 0.348 e. The van der Waals surface area contributed by atoms with Gasteiger partial charge in [-0.25, -0.2) is 13.3 Å². The van der Waals surface area contributed by atoms with E-state index in [9.17, 15) is 23.8 Å². The number of carbonyl (C=O) groups is 1. The number of anilines is 2. The number of hydrogen-bond donors (Lipinski definition) is 3. The molecule has 0 bridgehead atoms. The van der Waals surface area contributed by atoms with Crippen molar-refractivity contribution in [3.8, 4) is 16.2 Å². The Morgan fingerprint density at radius 1 is 1.08 bits per heavy atom. The summed E-state index contributed by atoms with van der Waals surface area (Å²) in [6.45, 7) is 1.78. The van der Waals surface area contributed by atoms with Crippen LogP contribution in [-0.4, -0.2) is 24.9 Å². The van der Waals surface area contributed by atoms with Crippen LogP contribution in [0.4, 0.5) is 11.4 Å². The van der Waals surface area contributed by atoms with Crippen molar-refractivity contribution in [2.75, 3.05) is 4.31 Å². The van der Waals surface area contributed by atoms with Crippen LogP contribution in [0.1, 0.15) is 15.2 Å². The van der Waals surface area contributed by atoms with Crippen LogP contribution in [0.15, 0.2) is 54.6 Å². The van der Waals surface area contributed by atoms with Crippen molar-refractivity contribution in [1.82, 2.24) is 0 Å². The number of aromatic hydroxyl groups is 1. The molecule has 8 heteroatoms. The van der Waals surface area contributed by atoms with Crippen molar-refractivity contribution in [1.29, 1.82) is 0 Å². The van der Waals surface area contributed by atoms with Crippen LogP contribution in [0.5, 0.6) is 5.75 Å². The van der Waals surface area contributed by atoms with Crippen LogP contribution in [0.2, 0.25) is 0 Å². The van der Waals surface area contributed by atoms with Gasteiger partial charge in [0, 0.05) is 4.88 Å². The van der Waals surface area contributed by atoms with E-state index >= 15 is 0 Å². The van der Waals surface area contributed by atoms with Crippen LogP contribution >= 0.6 is 11.3 Å². The monoisotopic (exact) mass is 389 g/mol. The van der Waals surface area contributed by atoms with E-state index < -0.39 is 17.2 Å². The van der Waals surface area contributed by atoms with Crippen LogP contribution in [-0.2, 0) is 11.3 Å². The Labute approximate surface area is 156 Å². The van der Waals surface area contributed by atoms with E-state index in [2.05, 4.69) is 0 Å². The van der Waals surface area contributed by atoms with Gasteiger partial charge in [0.15, 0.2) is 0 Å². The van der Waals surface area contributed by atoms with Gasteiger partial charge in [0.2, 0.25) is 0 Å². The predicted octanol–water partition coefficient (Wildman–Crippen LogP) is 4.40. The highest BCUT2D eigenvalue weighted by atomic mass is 32.2. The van der Waals surface area contributed by atoms with Crippen LogP contribution in [0, 0.1) is 6.92 Å². The highest BCUT2D eigenvalue weighted by Crippen LogP contribution is 2.41. The molecule has 134 valence electrons. The number of rotatable bonds is 5. The molecule has 0 amide bonds. The Morgan fingerprint density at radius 2 is 1.81 bits per heavy atom. The summed E-state index contributed by atoms with van der Waals surface area (Å²) in [5, 5.41) is 19.2. The summed E-state index contributed by atoms with van der Waals surface area (Å²) in [6.07, 6.45) is 0.